The van der Waals surface area contributed by atoms with Gasteiger partial charge in [0.25, 0.3) is 0 Å². The molecule has 0 aromatic carbocycles. The molecular formula is C14H23N3O2. The van der Waals surface area contributed by atoms with Gasteiger partial charge in [0.2, 0.25) is 0 Å². The van der Waals surface area contributed by atoms with Crippen molar-refractivity contribution in [2.24, 2.45) is 0 Å². The van der Waals surface area contributed by atoms with Crippen LogP contribution in [0.25, 0.3) is 0 Å². The van der Waals surface area contributed by atoms with Crippen molar-refractivity contribution in [1.29, 1.82) is 0 Å². The van der Waals surface area contributed by atoms with Crippen LogP contribution in [-0.2, 0) is 9.53 Å². The third-order valence-electron chi connectivity index (χ3n) is 3.96. The maximum absolute atomic E-state index is 11.8. The molecule has 0 spiro atoms. The number of ether oxygens (including phenoxy) is 1. The lowest BCUT2D eigenvalue weighted by Crippen LogP contribution is -2.49. The Morgan fingerprint density at radius 2 is 2.21 bits per heavy atom. The van der Waals surface area contributed by atoms with Crippen molar-refractivity contribution in [3.63, 3.8) is 0 Å². The zero-order valence-corrected chi connectivity index (χ0v) is 12.1. The lowest BCUT2D eigenvalue weighted by atomic mass is 9.97. The van der Waals surface area contributed by atoms with Crippen molar-refractivity contribution in [3.05, 3.63) is 24.2 Å². The Hall–Kier alpha value is -1.65. The van der Waals surface area contributed by atoms with Crippen molar-refractivity contribution < 1.29 is 9.53 Å². The Kier molecular flexibility index (Phi) is 3.73. The minimum atomic E-state index is -0.257. The van der Waals surface area contributed by atoms with E-state index in [4.69, 9.17) is 4.74 Å². The first-order chi connectivity index (χ1) is 8.95. The van der Waals surface area contributed by atoms with Crippen LogP contribution in [0.1, 0.15) is 26.7 Å². The summed E-state index contributed by atoms with van der Waals surface area (Å²) in [6.45, 7) is 5.30. The number of carbonyl (C=O) groups is 1. The summed E-state index contributed by atoms with van der Waals surface area (Å²) in [5.74, 6) is -0.257. The molecule has 0 aliphatic carbocycles. The second kappa shape index (κ2) is 5.15. The largest absolute Gasteiger partial charge is 0.466 e. The number of fused-ring (bicyclic) bond motifs is 1. The molecule has 0 bridgehead atoms. The molecule has 1 N–H and O–H groups in total. The molecule has 1 atom stereocenters. The van der Waals surface area contributed by atoms with Crippen LogP contribution in [-0.4, -0.2) is 48.2 Å². The van der Waals surface area contributed by atoms with Gasteiger partial charge in [0.1, 0.15) is 6.17 Å². The topological polar surface area (TPSA) is 44.8 Å². The van der Waals surface area contributed by atoms with Gasteiger partial charge in [0, 0.05) is 44.2 Å². The van der Waals surface area contributed by atoms with E-state index in [-0.39, 0.29) is 17.7 Å². The lowest BCUT2D eigenvalue weighted by molar-refractivity contribution is -0.136. The second-order valence-electron chi connectivity index (χ2n) is 5.73. The molecule has 5 heteroatoms. The highest BCUT2D eigenvalue weighted by molar-refractivity contribution is 5.88. The molecule has 0 aromatic rings. The van der Waals surface area contributed by atoms with Crippen LogP contribution in [0.15, 0.2) is 24.2 Å². The van der Waals surface area contributed by atoms with Gasteiger partial charge in [-0.25, -0.2) is 4.79 Å². The molecule has 0 fully saturated rings. The van der Waals surface area contributed by atoms with Crippen LogP contribution in [0.5, 0.6) is 0 Å². The average molecular weight is 265 g/mol. The van der Waals surface area contributed by atoms with Crippen molar-refractivity contribution in [2.45, 2.75) is 38.4 Å². The number of hydrogen-bond donors (Lipinski definition) is 1. The Morgan fingerprint density at radius 3 is 2.89 bits per heavy atom. The molecule has 2 aliphatic heterocycles. The van der Waals surface area contributed by atoms with E-state index in [9.17, 15) is 4.79 Å². The van der Waals surface area contributed by atoms with Gasteiger partial charge in [-0.2, -0.15) is 0 Å². The third-order valence-corrected chi connectivity index (χ3v) is 3.96. The molecule has 2 aliphatic rings. The smallest absolute Gasteiger partial charge is 0.335 e. The predicted molar refractivity (Wildman–Crippen MR) is 73.9 cm³/mol. The molecule has 0 saturated heterocycles. The number of nitrogens with zero attached hydrogens (tertiary/aromatic N) is 2. The van der Waals surface area contributed by atoms with E-state index in [0.29, 0.717) is 12.0 Å². The van der Waals surface area contributed by atoms with Crippen molar-refractivity contribution in [2.75, 3.05) is 20.7 Å². The van der Waals surface area contributed by atoms with Gasteiger partial charge in [-0.05, 0) is 20.3 Å². The maximum atomic E-state index is 11.8. The van der Waals surface area contributed by atoms with E-state index in [1.54, 1.807) is 6.20 Å². The number of rotatable bonds is 1. The Labute approximate surface area is 114 Å². The van der Waals surface area contributed by atoms with Crippen molar-refractivity contribution in [1.82, 2.24) is 15.1 Å². The van der Waals surface area contributed by atoms with E-state index < -0.39 is 0 Å². The number of hydrogen-bond acceptors (Lipinski definition) is 5. The first-order valence-electron chi connectivity index (χ1n) is 6.65. The van der Waals surface area contributed by atoms with E-state index in [2.05, 4.69) is 41.4 Å². The Balaban J connectivity index is 2.27. The summed E-state index contributed by atoms with van der Waals surface area (Å²) < 4.78 is 4.86. The predicted octanol–water partition coefficient (Wildman–Crippen LogP) is 1.25. The van der Waals surface area contributed by atoms with Gasteiger partial charge < -0.3 is 19.9 Å². The fourth-order valence-electron chi connectivity index (χ4n) is 2.65. The van der Waals surface area contributed by atoms with Crippen LogP contribution in [0.4, 0.5) is 0 Å². The summed E-state index contributed by atoms with van der Waals surface area (Å²) >= 11 is 0. The second-order valence-corrected chi connectivity index (χ2v) is 5.73. The summed E-state index contributed by atoms with van der Waals surface area (Å²) in [7, 11) is 3.46. The molecule has 106 valence electrons. The summed E-state index contributed by atoms with van der Waals surface area (Å²) in [5.41, 5.74) is 0.740. The fourth-order valence-corrected chi connectivity index (χ4v) is 2.65. The van der Waals surface area contributed by atoms with E-state index in [1.165, 1.54) is 7.11 Å². The van der Waals surface area contributed by atoms with Crippen LogP contribution < -0.4 is 5.32 Å². The van der Waals surface area contributed by atoms with E-state index in [1.807, 2.05) is 7.05 Å². The monoisotopic (exact) mass is 265 g/mol. The van der Waals surface area contributed by atoms with E-state index in [0.717, 1.165) is 13.0 Å². The first-order valence-corrected chi connectivity index (χ1v) is 6.65. The molecule has 0 amide bonds. The van der Waals surface area contributed by atoms with E-state index >= 15 is 0 Å². The molecular weight excluding hydrogens is 242 g/mol. The summed E-state index contributed by atoms with van der Waals surface area (Å²) in [4.78, 5) is 16.3. The number of methoxy groups -OCH3 is 1. The van der Waals surface area contributed by atoms with Crippen LogP contribution in [0, 0.1) is 0 Å². The average Bonchev–Trinajstić information content (AvgIpc) is 2.75. The number of carbonyl (C=O) groups excluding carboxylic acids is 1. The van der Waals surface area contributed by atoms with Crippen LogP contribution in [0.3, 0.4) is 0 Å². The third kappa shape index (κ3) is 2.69. The minimum Gasteiger partial charge on any atom is -0.466 e. The minimum absolute atomic E-state index is 0.0539. The van der Waals surface area contributed by atoms with Crippen molar-refractivity contribution in [3.8, 4) is 0 Å². The maximum Gasteiger partial charge on any atom is 0.335 e. The SMILES string of the molecule is COC(=O)/C1=C/NCCC(C)(C)N2C=CN(C)C2C1. The van der Waals surface area contributed by atoms with Gasteiger partial charge >= 0.3 is 5.97 Å². The molecule has 0 radical (unpaired) electrons. The Bertz CT molecular complexity index is 415. The lowest BCUT2D eigenvalue weighted by Gasteiger charge is -2.42. The molecule has 0 aromatic heterocycles. The fraction of sp³-hybridized carbons (Fsp3) is 0.643. The molecule has 5 nitrogen and oxygen atoms in total. The van der Waals surface area contributed by atoms with Gasteiger partial charge in [-0.1, -0.05) is 0 Å². The molecule has 2 rings (SSSR count). The zero-order chi connectivity index (χ0) is 14.0. The normalized spacial score (nSPS) is 28.4. The zero-order valence-electron chi connectivity index (χ0n) is 12.1. The summed E-state index contributed by atoms with van der Waals surface area (Å²) in [6, 6.07) is 0. The van der Waals surface area contributed by atoms with Gasteiger partial charge in [0.15, 0.2) is 0 Å². The highest BCUT2D eigenvalue weighted by atomic mass is 16.5. The van der Waals surface area contributed by atoms with Gasteiger partial charge in [-0.15, -0.1) is 0 Å². The van der Waals surface area contributed by atoms with Crippen LogP contribution >= 0.6 is 0 Å². The molecule has 19 heavy (non-hydrogen) atoms. The van der Waals surface area contributed by atoms with Crippen molar-refractivity contribution >= 4 is 5.97 Å². The summed E-state index contributed by atoms with van der Waals surface area (Å²) in [5, 5.41) is 3.22. The number of esters is 1. The quantitative estimate of drug-likeness (QED) is 0.723. The molecule has 1 unspecified atom stereocenters. The molecule has 0 saturated carbocycles. The highest BCUT2D eigenvalue weighted by Crippen LogP contribution is 2.31. The highest BCUT2D eigenvalue weighted by Gasteiger charge is 2.36. The standard InChI is InChI=1S/C14H23N3O2/c1-14(2)5-6-15-10-11(13(18)19-4)9-12-16(3)7-8-17(12)14/h7-8,10,12,15H,5-6,9H2,1-4H3/b11-10+. The van der Waals surface area contributed by atoms with Gasteiger partial charge in [0.05, 0.1) is 12.7 Å². The first kappa shape index (κ1) is 13.8. The van der Waals surface area contributed by atoms with Crippen LogP contribution in [0.2, 0.25) is 0 Å². The molecule has 2 heterocycles. The summed E-state index contributed by atoms with van der Waals surface area (Å²) in [6.07, 6.45) is 7.80. The number of nitrogens with one attached hydrogen (secondary N) is 1. The van der Waals surface area contributed by atoms with Gasteiger partial charge in [-0.3, -0.25) is 0 Å². The Morgan fingerprint density at radius 1 is 1.47 bits per heavy atom.